The normalized spacial score (nSPS) is 21.7. The first-order chi connectivity index (χ1) is 7.38. The molecule has 3 rings (SSSR count). The number of nitrogens with two attached hydrogens (primary N) is 1. The van der Waals surface area contributed by atoms with Gasteiger partial charge in [0, 0.05) is 12.5 Å². The lowest BCUT2D eigenvalue weighted by Crippen LogP contribution is -2.17. The average molecular weight is 206 g/mol. The molecule has 1 heterocycles. The zero-order chi connectivity index (χ0) is 10.3. The van der Waals surface area contributed by atoms with E-state index in [4.69, 9.17) is 5.73 Å². The lowest BCUT2D eigenvalue weighted by Gasteiger charge is -2.24. The molecule has 1 aromatic rings. The molecule has 4 heteroatoms. The zero-order valence-corrected chi connectivity index (χ0v) is 9.02. The summed E-state index contributed by atoms with van der Waals surface area (Å²) in [6.45, 7) is 0.522. The van der Waals surface area contributed by atoms with Crippen LogP contribution in [0.2, 0.25) is 0 Å². The van der Waals surface area contributed by atoms with Crippen molar-refractivity contribution in [3.05, 3.63) is 11.6 Å². The van der Waals surface area contributed by atoms with E-state index in [1.54, 1.807) is 0 Å². The molecule has 2 aliphatic carbocycles. The average Bonchev–Trinajstić information content (AvgIpc) is 2.93. The summed E-state index contributed by atoms with van der Waals surface area (Å²) in [5, 5.41) is 8.50. The summed E-state index contributed by atoms with van der Waals surface area (Å²) in [6, 6.07) is 0.661. The Balaban J connectivity index is 1.82. The third kappa shape index (κ3) is 1.67. The Bertz CT molecular complexity index is 349. The molecule has 0 aliphatic heterocycles. The Labute approximate surface area is 89.9 Å². The Morgan fingerprint density at radius 3 is 2.40 bits per heavy atom. The molecule has 0 spiro atoms. The number of hydrogen-bond acceptors (Lipinski definition) is 3. The van der Waals surface area contributed by atoms with Crippen LogP contribution in [0.4, 0.5) is 0 Å². The first-order valence-electron chi connectivity index (χ1n) is 6.01. The van der Waals surface area contributed by atoms with Crippen LogP contribution >= 0.6 is 0 Å². The summed E-state index contributed by atoms with van der Waals surface area (Å²) in [5.74, 6) is 3.02. The van der Waals surface area contributed by atoms with Gasteiger partial charge in [-0.05, 0) is 18.8 Å². The molecule has 2 N–H and O–H groups in total. The Morgan fingerprint density at radius 1 is 1.13 bits per heavy atom. The molecule has 2 saturated carbocycles. The van der Waals surface area contributed by atoms with Crippen molar-refractivity contribution in [1.29, 1.82) is 0 Å². The molecule has 0 unspecified atom stereocenters. The van der Waals surface area contributed by atoms with E-state index in [1.807, 2.05) is 0 Å². The SMILES string of the molecule is NCc1nnc(CC2CCC2)n1C1CC1. The van der Waals surface area contributed by atoms with Gasteiger partial charge in [0.2, 0.25) is 0 Å². The largest absolute Gasteiger partial charge is 0.324 e. The summed E-state index contributed by atoms with van der Waals surface area (Å²) < 4.78 is 2.30. The molecule has 2 aliphatic rings. The fourth-order valence-electron chi connectivity index (χ4n) is 2.35. The van der Waals surface area contributed by atoms with E-state index < -0.39 is 0 Å². The minimum Gasteiger partial charge on any atom is -0.324 e. The monoisotopic (exact) mass is 206 g/mol. The Kier molecular flexibility index (Phi) is 2.24. The number of hydrogen-bond donors (Lipinski definition) is 1. The van der Waals surface area contributed by atoms with Gasteiger partial charge in [0.25, 0.3) is 0 Å². The molecule has 0 amide bonds. The van der Waals surface area contributed by atoms with Crippen molar-refractivity contribution in [2.75, 3.05) is 0 Å². The molecule has 2 fully saturated rings. The van der Waals surface area contributed by atoms with Gasteiger partial charge in [-0.3, -0.25) is 0 Å². The first-order valence-corrected chi connectivity index (χ1v) is 6.01. The lowest BCUT2D eigenvalue weighted by molar-refractivity contribution is 0.305. The predicted octanol–water partition coefficient (Wildman–Crippen LogP) is 1.41. The number of rotatable bonds is 4. The van der Waals surface area contributed by atoms with E-state index in [0.717, 1.165) is 18.2 Å². The molecule has 0 bridgehead atoms. The van der Waals surface area contributed by atoms with Crippen LogP contribution in [0.1, 0.15) is 49.8 Å². The minimum absolute atomic E-state index is 0.522. The van der Waals surface area contributed by atoms with Crippen LogP contribution in [0.15, 0.2) is 0 Å². The van der Waals surface area contributed by atoms with E-state index in [0.29, 0.717) is 12.6 Å². The molecule has 0 aromatic carbocycles. The van der Waals surface area contributed by atoms with E-state index >= 15 is 0 Å². The van der Waals surface area contributed by atoms with Crippen LogP contribution in [0.3, 0.4) is 0 Å². The summed E-state index contributed by atoms with van der Waals surface area (Å²) in [5.41, 5.74) is 5.68. The van der Waals surface area contributed by atoms with Crippen LogP contribution in [0, 0.1) is 5.92 Å². The number of aromatic nitrogens is 3. The van der Waals surface area contributed by atoms with Gasteiger partial charge < -0.3 is 10.3 Å². The number of nitrogens with zero attached hydrogens (tertiary/aromatic N) is 3. The van der Waals surface area contributed by atoms with E-state index in [1.165, 1.54) is 37.9 Å². The van der Waals surface area contributed by atoms with Gasteiger partial charge in [-0.1, -0.05) is 19.3 Å². The second-order valence-corrected chi connectivity index (χ2v) is 4.84. The van der Waals surface area contributed by atoms with E-state index in [9.17, 15) is 0 Å². The summed E-state index contributed by atoms with van der Waals surface area (Å²) in [4.78, 5) is 0. The van der Waals surface area contributed by atoms with Crippen molar-refractivity contribution >= 4 is 0 Å². The Hall–Kier alpha value is -0.900. The highest BCUT2D eigenvalue weighted by Crippen LogP contribution is 2.38. The van der Waals surface area contributed by atoms with E-state index in [-0.39, 0.29) is 0 Å². The van der Waals surface area contributed by atoms with Gasteiger partial charge in [0.1, 0.15) is 11.6 Å². The van der Waals surface area contributed by atoms with Crippen LogP contribution in [-0.2, 0) is 13.0 Å². The topological polar surface area (TPSA) is 56.7 Å². The van der Waals surface area contributed by atoms with E-state index in [2.05, 4.69) is 14.8 Å². The standard InChI is InChI=1S/C11H18N4/c12-7-11-14-13-10(6-8-2-1-3-8)15(11)9-4-5-9/h8-9H,1-7,12H2. The fourth-order valence-corrected chi connectivity index (χ4v) is 2.35. The van der Waals surface area contributed by atoms with Crippen molar-refractivity contribution in [3.63, 3.8) is 0 Å². The highest BCUT2D eigenvalue weighted by Gasteiger charge is 2.30. The smallest absolute Gasteiger partial charge is 0.147 e. The van der Waals surface area contributed by atoms with Gasteiger partial charge in [0.05, 0.1) is 6.54 Å². The summed E-state index contributed by atoms with van der Waals surface area (Å²) in [6.07, 6.45) is 7.81. The molecule has 0 radical (unpaired) electrons. The molecular weight excluding hydrogens is 188 g/mol. The van der Waals surface area contributed by atoms with Gasteiger partial charge in [-0.2, -0.15) is 0 Å². The van der Waals surface area contributed by atoms with Gasteiger partial charge >= 0.3 is 0 Å². The second kappa shape index (κ2) is 3.59. The third-order valence-electron chi connectivity index (χ3n) is 3.63. The van der Waals surface area contributed by atoms with Crippen LogP contribution < -0.4 is 5.73 Å². The summed E-state index contributed by atoms with van der Waals surface area (Å²) in [7, 11) is 0. The van der Waals surface area contributed by atoms with Crippen molar-refractivity contribution in [2.24, 2.45) is 11.7 Å². The van der Waals surface area contributed by atoms with Crippen molar-refractivity contribution in [2.45, 2.75) is 51.1 Å². The maximum Gasteiger partial charge on any atom is 0.147 e. The lowest BCUT2D eigenvalue weighted by atomic mass is 9.83. The van der Waals surface area contributed by atoms with Crippen LogP contribution in [0.25, 0.3) is 0 Å². The highest BCUT2D eigenvalue weighted by molar-refractivity contribution is 5.04. The minimum atomic E-state index is 0.522. The highest BCUT2D eigenvalue weighted by atomic mass is 15.3. The maximum absolute atomic E-state index is 5.68. The predicted molar refractivity (Wildman–Crippen MR) is 57.2 cm³/mol. The molecule has 15 heavy (non-hydrogen) atoms. The Morgan fingerprint density at radius 2 is 1.87 bits per heavy atom. The van der Waals surface area contributed by atoms with Crippen molar-refractivity contribution in [1.82, 2.24) is 14.8 Å². The van der Waals surface area contributed by atoms with Crippen LogP contribution in [0.5, 0.6) is 0 Å². The second-order valence-electron chi connectivity index (χ2n) is 4.84. The van der Waals surface area contributed by atoms with Crippen LogP contribution in [-0.4, -0.2) is 14.8 Å². The van der Waals surface area contributed by atoms with Crippen molar-refractivity contribution in [3.8, 4) is 0 Å². The maximum atomic E-state index is 5.68. The first kappa shape index (κ1) is 9.33. The van der Waals surface area contributed by atoms with Gasteiger partial charge in [-0.15, -0.1) is 10.2 Å². The molecule has 0 saturated heterocycles. The molecular formula is C11H18N4. The molecule has 0 atom stereocenters. The van der Waals surface area contributed by atoms with Gasteiger partial charge in [0.15, 0.2) is 0 Å². The van der Waals surface area contributed by atoms with Crippen molar-refractivity contribution < 1.29 is 0 Å². The van der Waals surface area contributed by atoms with Gasteiger partial charge in [-0.25, -0.2) is 0 Å². The molecule has 82 valence electrons. The zero-order valence-electron chi connectivity index (χ0n) is 9.02. The summed E-state index contributed by atoms with van der Waals surface area (Å²) >= 11 is 0. The fraction of sp³-hybridized carbons (Fsp3) is 0.818. The third-order valence-corrected chi connectivity index (χ3v) is 3.63. The molecule has 1 aromatic heterocycles. The quantitative estimate of drug-likeness (QED) is 0.810. The molecule has 4 nitrogen and oxygen atoms in total.